The molecule has 0 saturated heterocycles. The molecule has 0 aliphatic heterocycles. The number of halogens is 1. The van der Waals surface area contributed by atoms with Gasteiger partial charge < -0.3 is 5.73 Å². The molecule has 1 fully saturated rings. The predicted octanol–water partition coefficient (Wildman–Crippen LogP) is 3.55. The minimum Gasteiger partial charge on any atom is -0.330 e. The Kier molecular flexibility index (Phi) is 3.82. The zero-order valence-corrected chi connectivity index (χ0v) is 10.6. The monoisotopic (exact) mass is 235 g/mol. The number of nitrogens with two attached hydrogens (primary N) is 1. The summed E-state index contributed by atoms with van der Waals surface area (Å²) in [6, 6.07) is 5.21. The second kappa shape index (κ2) is 5.18. The fourth-order valence-corrected chi connectivity index (χ4v) is 3.16. The van der Waals surface area contributed by atoms with Gasteiger partial charge in [-0.15, -0.1) is 0 Å². The molecule has 2 heteroatoms. The van der Waals surface area contributed by atoms with Crippen LogP contribution in [-0.2, 0) is 11.8 Å². The van der Waals surface area contributed by atoms with Gasteiger partial charge in [-0.05, 0) is 42.5 Å². The lowest BCUT2D eigenvalue weighted by Gasteiger charge is -2.38. The molecule has 1 saturated carbocycles. The number of aryl methyl sites for hydroxylation is 1. The second-order valence-electron chi connectivity index (χ2n) is 5.20. The first kappa shape index (κ1) is 12.6. The van der Waals surface area contributed by atoms with E-state index in [1.165, 1.54) is 30.4 Å². The zero-order valence-electron chi connectivity index (χ0n) is 10.6. The minimum absolute atomic E-state index is 0.0334. The van der Waals surface area contributed by atoms with Gasteiger partial charge in [0.25, 0.3) is 0 Å². The molecule has 1 aliphatic carbocycles. The maximum atomic E-state index is 13.5. The van der Waals surface area contributed by atoms with E-state index in [4.69, 9.17) is 5.73 Å². The van der Waals surface area contributed by atoms with Crippen molar-refractivity contribution >= 4 is 0 Å². The Labute approximate surface area is 103 Å². The van der Waals surface area contributed by atoms with E-state index in [1.807, 2.05) is 6.07 Å². The summed E-state index contributed by atoms with van der Waals surface area (Å²) in [6.45, 7) is 2.77. The van der Waals surface area contributed by atoms with Crippen molar-refractivity contribution < 1.29 is 4.39 Å². The summed E-state index contributed by atoms with van der Waals surface area (Å²) in [4.78, 5) is 0. The molecule has 1 aromatic carbocycles. The van der Waals surface area contributed by atoms with Crippen molar-refractivity contribution in [3.63, 3.8) is 0 Å². The van der Waals surface area contributed by atoms with Crippen LogP contribution in [0.2, 0.25) is 0 Å². The van der Waals surface area contributed by atoms with E-state index in [-0.39, 0.29) is 11.2 Å². The topological polar surface area (TPSA) is 26.0 Å². The maximum absolute atomic E-state index is 13.5. The number of benzene rings is 1. The quantitative estimate of drug-likeness (QED) is 0.852. The fourth-order valence-electron chi connectivity index (χ4n) is 3.16. The van der Waals surface area contributed by atoms with Crippen molar-refractivity contribution in [2.75, 3.05) is 6.54 Å². The highest BCUT2D eigenvalue weighted by Crippen LogP contribution is 2.40. The lowest BCUT2D eigenvalue weighted by atomic mass is 9.68. The van der Waals surface area contributed by atoms with Crippen LogP contribution >= 0.6 is 0 Å². The summed E-state index contributed by atoms with van der Waals surface area (Å²) in [5, 5.41) is 0. The molecule has 1 aromatic rings. The predicted molar refractivity (Wildman–Crippen MR) is 69.6 cm³/mol. The van der Waals surface area contributed by atoms with Crippen LogP contribution in [0.4, 0.5) is 4.39 Å². The fraction of sp³-hybridized carbons (Fsp3) is 0.600. The number of hydrogen-bond acceptors (Lipinski definition) is 1. The van der Waals surface area contributed by atoms with Crippen LogP contribution in [-0.4, -0.2) is 6.54 Å². The van der Waals surface area contributed by atoms with Crippen molar-refractivity contribution in [2.45, 2.75) is 50.9 Å². The van der Waals surface area contributed by atoms with Crippen molar-refractivity contribution in [3.8, 4) is 0 Å². The molecular formula is C15H22FN. The van der Waals surface area contributed by atoms with E-state index in [1.54, 1.807) is 12.1 Å². The zero-order chi connectivity index (χ0) is 12.3. The Bertz CT molecular complexity index is 381. The third kappa shape index (κ3) is 2.37. The first-order valence-corrected chi connectivity index (χ1v) is 6.71. The molecule has 94 valence electrons. The van der Waals surface area contributed by atoms with E-state index >= 15 is 0 Å². The van der Waals surface area contributed by atoms with Gasteiger partial charge in [0, 0.05) is 12.0 Å². The molecule has 0 bridgehead atoms. The van der Waals surface area contributed by atoms with Gasteiger partial charge in [-0.1, -0.05) is 32.3 Å². The molecule has 0 heterocycles. The van der Waals surface area contributed by atoms with Crippen molar-refractivity contribution in [2.24, 2.45) is 5.73 Å². The molecule has 0 aromatic heterocycles. The molecule has 17 heavy (non-hydrogen) atoms. The summed E-state index contributed by atoms with van der Waals surface area (Å²) >= 11 is 0. The van der Waals surface area contributed by atoms with E-state index in [2.05, 4.69) is 6.92 Å². The van der Waals surface area contributed by atoms with Crippen LogP contribution in [0.1, 0.15) is 50.2 Å². The van der Waals surface area contributed by atoms with Crippen molar-refractivity contribution in [1.29, 1.82) is 0 Å². The molecule has 0 unspecified atom stereocenters. The smallest absolute Gasteiger partial charge is 0.123 e. The number of hydrogen-bond donors (Lipinski definition) is 1. The van der Waals surface area contributed by atoms with Gasteiger partial charge in [0.2, 0.25) is 0 Å². The maximum Gasteiger partial charge on any atom is 0.123 e. The Hall–Kier alpha value is -0.890. The summed E-state index contributed by atoms with van der Waals surface area (Å²) in [7, 11) is 0. The van der Waals surface area contributed by atoms with Gasteiger partial charge in [-0.2, -0.15) is 0 Å². The van der Waals surface area contributed by atoms with Gasteiger partial charge in [0.1, 0.15) is 5.82 Å². The normalized spacial score (nSPS) is 19.2. The molecule has 1 aliphatic rings. The Morgan fingerprint density at radius 1 is 1.24 bits per heavy atom. The minimum atomic E-state index is -0.129. The summed E-state index contributed by atoms with van der Waals surface area (Å²) in [5.41, 5.74) is 8.49. The SMILES string of the molecule is CCc1ccc(F)cc1C1(CN)CCCCC1. The lowest BCUT2D eigenvalue weighted by Crippen LogP contribution is -2.38. The third-order valence-corrected chi connectivity index (χ3v) is 4.23. The average molecular weight is 235 g/mol. The Morgan fingerprint density at radius 2 is 1.94 bits per heavy atom. The highest BCUT2D eigenvalue weighted by Gasteiger charge is 2.34. The second-order valence-corrected chi connectivity index (χ2v) is 5.20. The van der Waals surface area contributed by atoms with Gasteiger partial charge in [-0.3, -0.25) is 0 Å². The summed E-state index contributed by atoms with van der Waals surface area (Å²) in [5.74, 6) is -0.129. The van der Waals surface area contributed by atoms with Gasteiger partial charge >= 0.3 is 0 Å². The molecule has 1 nitrogen and oxygen atoms in total. The molecule has 0 spiro atoms. The molecular weight excluding hydrogens is 213 g/mol. The van der Waals surface area contributed by atoms with Gasteiger partial charge in [0.15, 0.2) is 0 Å². The van der Waals surface area contributed by atoms with Gasteiger partial charge in [-0.25, -0.2) is 4.39 Å². The van der Waals surface area contributed by atoms with Crippen LogP contribution < -0.4 is 5.73 Å². The molecule has 0 atom stereocenters. The first-order valence-electron chi connectivity index (χ1n) is 6.71. The van der Waals surface area contributed by atoms with E-state index < -0.39 is 0 Å². The van der Waals surface area contributed by atoms with Crippen LogP contribution in [0.3, 0.4) is 0 Å². The van der Waals surface area contributed by atoms with Gasteiger partial charge in [0.05, 0.1) is 0 Å². The lowest BCUT2D eigenvalue weighted by molar-refractivity contribution is 0.298. The van der Waals surface area contributed by atoms with Crippen LogP contribution in [0.25, 0.3) is 0 Å². The van der Waals surface area contributed by atoms with Crippen LogP contribution in [0, 0.1) is 5.82 Å². The van der Waals surface area contributed by atoms with E-state index in [0.29, 0.717) is 6.54 Å². The average Bonchev–Trinajstić information content (AvgIpc) is 2.39. The Balaban J connectivity index is 2.44. The molecule has 2 N–H and O–H groups in total. The highest BCUT2D eigenvalue weighted by atomic mass is 19.1. The first-order chi connectivity index (χ1) is 8.22. The largest absolute Gasteiger partial charge is 0.330 e. The molecule has 2 rings (SSSR count). The third-order valence-electron chi connectivity index (χ3n) is 4.23. The van der Waals surface area contributed by atoms with Crippen molar-refractivity contribution in [3.05, 3.63) is 35.1 Å². The van der Waals surface area contributed by atoms with Crippen molar-refractivity contribution in [1.82, 2.24) is 0 Å². The molecule has 0 amide bonds. The summed E-state index contributed by atoms with van der Waals surface area (Å²) in [6.07, 6.45) is 6.91. The van der Waals surface area contributed by atoms with Crippen LogP contribution in [0.5, 0.6) is 0 Å². The van der Waals surface area contributed by atoms with E-state index in [9.17, 15) is 4.39 Å². The standard InChI is InChI=1S/C15H22FN/c1-2-12-6-7-13(16)10-14(12)15(11-17)8-4-3-5-9-15/h6-7,10H,2-5,8-9,11,17H2,1H3. The Morgan fingerprint density at radius 3 is 2.53 bits per heavy atom. The van der Waals surface area contributed by atoms with E-state index in [0.717, 1.165) is 19.3 Å². The summed E-state index contributed by atoms with van der Waals surface area (Å²) < 4.78 is 13.5. The number of rotatable bonds is 3. The molecule has 0 radical (unpaired) electrons. The highest BCUT2D eigenvalue weighted by molar-refractivity contribution is 5.36. The van der Waals surface area contributed by atoms with Crippen LogP contribution in [0.15, 0.2) is 18.2 Å².